The van der Waals surface area contributed by atoms with Gasteiger partial charge in [0, 0.05) is 25.2 Å². The fraction of sp³-hybridized carbons (Fsp3) is 0.316. The largest absolute Gasteiger partial charge is 0.355 e. The van der Waals surface area contributed by atoms with Crippen molar-refractivity contribution in [2.75, 3.05) is 18.0 Å². The van der Waals surface area contributed by atoms with Crippen LogP contribution in [0.2, 0.25) is 0 Å². The smallest absolute Gasteiger partial charge is 0.142 e. The first-order chi connectivity index (χ1) is 12.3. The van der Waals surface area contributed by atoms with Gasteiger partial charge in [-0.3, -0.25) is 0 Å². The highest BCUT2D eigenvalue weighted by Gasteiger charge is 2.26. The van der Waals surface area contributed by atoms with Crippen LogP contribution >= 0.6 is 0 Å². The summed E-state index contributed by atoms with van der Waals surface area (Å²) in [7, 11) is 0. The molecule has 0 saturated carbocycles. The van der Waals surface area contributed by atoms with Crippen LogP contribution in [0.5, 0.6) is 0 Å². The molecule has 6 nitrogen and oxygen atoms in total. The molecule has 0 spiro atoms. The van der Waals surface area contributed by atoms with E-state index in [-0.39, 0.29) is 0 Å². The molecule has 0 aliphatic carbocycles. The van der Waals surface area contributed by atoms with Crippen molar-refractivity contribution in [3.05, 3.63) is 48.2 Å². The van der Waals surface area contributed by atoms with Crippen molar-refractivity contribution in [3.63, 3.8) is 0 Å². The van der Waals surface area contributed by atoms with E-state index in [9.17, 15) is 0 Å². The van der Waals surface area contributed by atoms with Gasteiger partial charge in [-0.15, -0.1) is 0 Å². The van der Waals surface area contributed by atoms with Crippen LogP contribution in [0.3, 0.4) is 0 Å². The lowest BCUT2D eigenvalue weighted by molar-refractivity contribution is 0.493. The van der Waals surface area contributed by atoms with Gasteiger partial charge in [-0.05, 0) is 37.5 Å². The zero-order valence-corrected chi connectivity index (χ0v) is 14.2. The SMILES string of the molecule is Cc1cccc2[nH]c([C@H]3CCCN(c4ncnc5[nH]ccc45)C3)nc12. The van der Waals surface area contributed by atoms with E-state index in [0.29, 0.717) is 5.92 Å². The third kappa shape index (κ3) is 2.36. The number of fused-ring (bicyclic) bond motifs is 2. The Morgan fingerprint density at radius 1 is 1.20 bits per heavy atom. The quantitative estimate of drug-likeness (QED) is 0.589. The van der Waals surface area contributed by atoms with Gasteiger partial charge in [0.15, 0.2) is 0 Å². The van der Waals surface area contributed by atoms with Gasteiger partial charge in [-0.25, -0.2) is 15.0 Å². The zero-order valence-electron chi connectivity index (χ0n) is 14.2. The molecule has 0 amide bonds. The molecule has 5 rings (SSSR count). The Bertz CT molecular complexity index is 1050. The summed E-state index contributed by atoms with van der Waals surface area (Å²) in [5.74, 6) is 2.50. The van der Waals surface area contributed by atoms with Gasteiger partial charge in [-0.2, -0.15) is 0 Å². The number of benzene rings is 1. The number of imidazole rings is 1. The molecule has 0 unspecified atom stereocenters. The van der Waals surface area contributed by atoms with E-state index in [1.807, 2.05) is 6.20 Å². The Kier molecular flexibility index (Phi) is 3.23. The highest BCUT2D eigenvalue weighted by atomic mass is 15.2. The Morgan fingerprint density at radius 2 is 2.16 bits per heavy atom. The highest BCUT2D eigenvalue weighted by Crippen LogP contribution is 2.31. The Hall–Kier alpha value is -2.89. The fourth-order valence-electron chi connectivity index (χ4n) is 3.89. The zero-order chi connectivity index (χ0) is 16.8. The summed E-state index contributed by atoms with van der Waals surface area (Å²) in [5, 5.41) is 1.09. The number of H-pyrrole nitrogens is 2. The van der Waals surface area contributed by atoms with Crippen LogP contribution in [0.15, 0.2) is 36.8 Å². The van der Waals surface area contributed by atoms with E-state index in [0.717, 1.165) is 59.6 Å². The minimum absolute atomic E-state index is 0.393. The van der Waals surface area contributed by atoms with Crippen molar-refractivity contribution in [1.29, 1.82) is 0 Å². The molecule has 1 saturated heterocycles. The molecule has 2 N–H and O–H groups in total. The molecular weight excluding hydrogens is 312 g/mol. The molecule has 1 aliphatic heterocycles. The molecule has 1 aromatic carbocycles. The Balaban J connectivity index is 1.49. The number of aryl methyl sites for hydroxylation is 1. The predicted molar refractivity (Wildman–Crippen MR) is 98.9 cm³/mol. The van der Waals surface area contributed by atoms with E-state index < -0.39 is 0 Å². The van der Waals surface area contributed by atoms with Crippen LogP contribution in [0.4, 0.5) is 5.82 Å². The van der Waals surface area contributed by atoms with Crippen molar-refractivity contribution in [2.24, 2.45) is 0 Å². The summed E-state index contributed by atoms with van der Waals surface area (Å²) in [6.45, 7) is 4.06. The maximum atomic E-state index is 4.90. The van der Waals surface area contributed by atoms with E-state index in [4.69, 9.17) is 4.98 Å². The van der Waals surface area contributed by atoms with Gasteiger partial charge < -0.3 is 14.9 Å². The molecule has 126 valence electrons. The number of nitrogens with one attached hydrogen (secondary N) is 2. The lowest BCUT2D eigenvalue weighted by atomic mass is 9.97. The molecule has 4 aromatic rings. The van der Waals surface area contributed by atoms with E-state index in [1.54, 1.807) is 6.33 Å². The molecule has 0 radical (unpaired) electrons. The van der Waals surface area contributed by atoms with E-state index in [2.05, 4.69) is 56.0 Å². The normalized spacial score (nSPS) is 18.3. The maximum absolute atomic E-state index is 4.90. The van der Waals surface area contributed by atoms with Gasteiger partial charge in [0.2, 0.25) is 0 Å². The van der Waals surface area contributed by atoms with Crippen molar-refractivity contribution in [1.82, 2.24) is 24.9 Å². The minimum Gasteiger partial charge on any atom is -0.355 e. The monoisotopic (exact) mass is 332 g/mol. The topological polar surface area (TPSA) is 73.5 Å². The second-order valence-electron chi connectivity index (χ2n) is 6.82. The summed E-state index contributed by atoms with van der Waals surface area (Å²) in [6, 6.07) is 8.35. The van der Waals surface area contributed by atoms with Gasteiger partial charge in [0.05, 0.1) is 16.4 Å². The summed E-state index contributed by atoms with van der Waals surface area (Å²) in [4.78, 5) is 22.8. The average Bonchev–Trinajstić information content (AvgIpc) is 3.29. The molecule has 1 aliphatic rings. The van der Waals surface area contributed by atoms with E-state index in [1.165, 1.54) is 5.56 Å². The van der Waals surface area contributed by atoms with Gasteiger partial charge in [0.25, 0.3) is 0 Å². The number of nitrogens with zero attached hydrogens (tertiary/aromatic N) is 4. The van der Waals surface area contributed by atoms with Crippen molar-refractivity contribution in [2.45, 2.75) is 25.7 Å². The second-order valence-corrected chi connectivity index (χ2v) is 6.82. The number of para-hydroxylation sites is 1. The Morgan fingerprint density at radius 3 is 3.08 bits per heavy atom. The third-order valence-corrected chi connectivity index (χ3v) is 5.17. The number of piperidine rings is 1. The number of hydrogen-bond donors (Lipinski definition) is 2. The lowest BCUT2D eigenvalue weighted by Gasteiger charge is -2.32. The fourth-order valence-corrected chi connectivity index (χ4v) is 3.89. The molecule has 25 heavy (non-hydrogen) atoms. The molecule has 4 heterocycles. The number of anilines is 1. The van der Waals surface area contributed by atoms with Crippen LogP contribution in [0.25, 0.3) is 22.1 Å². The van der Waals surface area contributed by atoms with Crippen molar-refractivity contribution < 1.29 is 0 Å². The summed E-state index contributed by atoms with van der Waals surface area (Å²) < 4.78 is 0. The third-order valence-electron chi connectivity index (χ3n) is 5.17. The van der Waals surface area contributed by atoms with Crippen LogP contribution in [0, 0.1) is 6.92 Å². The lowest BCUT2D eigenvalue weighted by Crippen LogP contribution is -2.35. The van der Waals surface area contributed by atoms with Crippen LogP contribution in [-0.2, 0) is 0 Å². The predicted octanol–water partition coefficient (Wildman–Crippen LogP) is 3.53. The molecule has 1 atom stereocenters. The first-order valence-electron chi connectivity index (χ1n) is 8.78. The summed E-state index contributed by atoms with van der Waals surface area (Å²) >= 11 is 0. The molecule has 6 heteroatoms. The van der Waals surface area contributed by atoms with Crippen LogP contribution < -0.4 is 4.90 Å². The Labute approximate surface area is 145 Å². The first kappa shape index (κ1) is 14.5. The van der Waals surface area contributed by atoms with Crippen LogP contribution in [-0.4, -0.2) is 38.0 Å². The van der Waals surface area contributed by atoms with Gasteiger partial charge >= 0.3 is 0 Å². The second kappa shape index (κ2) is 5.58. The summed E-state index contributed by atoms with van der Waals surface area (Å²) in [6.07, 6.45) is 5.85. The standard InChI is InChI=1S/C19H20N6/c1-12-4-2-6-15-16(12)24-17(23-15)13-5-3-9-25(10-13)19-14-7-8-20-18(14)21-11-22-19/h2,4,6-8,11,13H,3,5,9-10H2,1H3,(H,23,24)(H,20,21,22)/t13-/m0/s1. The number of aromatic amines is 2. The van der Waals surface area contributed by atoms with Crippen LogP contribution in [0.1, 0.15) is 30.1 Å². The highest BCUT2D eigenvalue weighted by molar-refractivity contribution is 5.87. The summed E-state index contributed by atoms with van der Waals surface area (Å²) in [5.41, 5.74) is 4.33. The maximum Gasteiger partial charge on any atom is 0.142 e. The minimum atomic E-state index is 0.393. The average molecular weight is 332 g/mol. The molecule has 3 aromatic heterocycles. The van der Waals surface area contributed by atoms with E-state index >= 15 is 0 Å². The van der Waals surface area contributed by atoms with Gasteiger partial charge in [0.1, 0.15) is 23.6 Å². The van der Waals surface area contributed by atoms with Crippen molar-refractivity contribution in [3.8, 4) is 0 Å². The molecule has 1 fully saturated rings. The number of aromatic nitrogens is 5. The van der Waals surface area contributed by atoms with Crippen molar-refractivity contribution >= 4 is 27.9 Å². The molecule has 0 bridgehead atoms. The molecular formula is C19H20N6. The number of rotatable bonds is 2. The first-order valence-corrected chi connectivity index (χ1v) is 8.78. The number of hydrogen-bond acceptors (Lipinski definition) is 4. The van der Waals surface area contributed by atoms with Gasteiger partial charge in [-0.1, -0.05) is 12.1 Å².